The first-order valence-corrected chi connectivity index (χ1v) is 6.54. The van der Waals surface area contributed by atoms with Crippen LogP contribution in [0.3, 0.4) is 0 Å². The van der Waals surface area contributed by atoms with E-state index >= 15 is 0 Å². The minimum atomic E-state index is 0.210. The van der Waals surface area contributed by atoms with Gasteiger partial charge in [0.15, 0.2) is 0 Å². The summed E-state index contributed by atoms with van der Waals surface area (Å²) in [6.45, 7) is 8.02. The Morgan fingerprint density at radius 2 is 1.21 bits per heavy atom. The predicted octanol–water partition coefficient (Wildman–Crippen LogP) is 4.66. The van der Waals surface area contributed by atoms with Crippen molar-refractivity contribution in [2.75, 3.05) is 4.90 Å². The van der Waals surface area contributed by atoms with E-state index in [1.165, 1.54) is 16.8 Å². The summed E-state index contributed by atoms with van der Waals surface area (Å²) in [5.41, 5.74) is 3.85. The van der Waals surface area contributed by atoms with E-state index in [0.29, 0.717) is 0 Å². The maximum Gasteiger partial charge on any atom is 0.0737 e. The number of benzene rings is 2. The molecule has 1 aliphatic heterocycles. The second-order valence-electron chi connectivity index (χ2n) is 4.73. The molecule has 2 aromatic carbocycles. The van der Waals surface area contributed by atoms with Gasteiger partial charge in [-0.1, -0.05) is 54.6 Å². The Kier molecular flexibility index (Phi) is 2.96. The van der Waals surface area contributed by atoms with Crippen LogP contribution in [0.2, 0.25) is 0 Å². The molecule has 0 bridgehead atoms. The molecular weight excluding hydrogens is 230 g/mol. The minimum absolute atomic E-state index is 0.210. The SMILES string of the molecule is C=CC1c2ccccc2C(C=C)N1c1ccccc1. The lowest BCUT2D eigenvalue weighted by atomic mass is 10.0. The van der Waals surface area contributed by atoms with Crippen molar-refractivity contribution in [1.82, 2.24) is 0 Å². The Hall–Kier alpha value is -2.28. The highest BCUT2D eigenvalue weighted by Crippen LogP contribution is 2.45. The molecule has 0 N–H and O–H groups in total. The van der Waals surface area contributed by atoms with Gasteiger partial charge in [0.05, 0.1) is 12.1 Å². The molecule has 0 amide bonds. The second-order valence-corrected chi connectivity index (χ2v) is 4.73. The number of hydrogen-bond acceptors (Lipinski definition) is 1. The van der Waals surface area contributed by atoms with Gasteiger partial charge in [0.2, 0.25) is 0 Å². The van der Waals surface area contributed by atoms with Crippen molar-refractivity contribution in [1.29, 1.82) is 0 Å². The van der Waals surface area contributed by atoms with Gasteiger partial charge in [-0.25, -0.2) is 0 Å². The van der Waals surface area contributed by atoms with Crippen LogP contribution in [0.25, 0.3) is 0 Å². The molecule has 19 heavy (non-hydrogen) atoms. The first kappa shape index (κ1) is 11.8. The summed E-state index contributed by atoms with van der Waals surface area (Å²) < 4.78 is 0. The zero-order chi connectivity index (χ0) is 13.2. The first-order valence-electron chi connectivity index (χ1n) is 6.54. The van der Waals surface area contributed by atoms with Gasteiger partial charge in [-0.3, -0.25) is 0 Å². The molecule has 0 saturated carbocycles. The quantitative estimate of drug-likeness (QED) is 0.713. The summed E-state index contributed by atoms with van der Waals surface area (Å²) in [7, 11) is 0. The van der Waals surface area contributed by atoms with Crippen LogP contribution in [0.5, 0.6) is 0 Å². The van der Waals surface area contributed by atoms with Crippen molar-refractivity contribution in [2.45, 2.75) is 12.1 Å². The van der Waals surface area contributed by atoms with E-state index in [1.54, 1.807) is 0 Å². The van der Waals surface area contributed by atoms with Crippen LogP contribution in [0.4, 0.5) is 5.69 Å². The van der Waals surface area contributed by atoms with Crippen molar-refractivity contribution in [3.8, 4) is 0 Å². The van der Waals surface area contributed by atoms with Crippen LogP contribution < -0.4 is 4.90 Å². The van der Waals surface area contributed by atoms with Crippen LogP contribution in [0, 0.1) is 0 Å². The molecule has 0 fully saturated rings. The summed E-state index contributed by atoms with van der Waals surface area (Å²) in [6.07, 6.45) is 4.02. The molecule has 0 radical (unpaired) electrons. The maximum absolute atomic E-state index is 4.01. The van der Waals surface area contributed by atoms with Gasteiger partial charge >= 0.3 is 0 Å². The second kappa shape index (κ2) is 4.77. The van der Waals surface area contributed by atoms with Gasteiger partial charge in [-0.2, -0.15) is 0 Å². The number of hydrogen-bond donors (Lipinski definition) is 0. The summed E-state index contributed by atoms with van der Waals surface area (Å²) in [6, 6.07) is 19.4. The third kappa shape index (κ3) is 1.78. The van der Waals surface area contributed by atoms with Crippen molar-refractivity contribution < 1.29 is 0 Å². The van der Waals surface area contributed by atoms with Gasteiger partial charge in [-0.05, 0) is 23.3 Å². The highest BCUT2D eigenvalue weighted by molar-refractivity contribution is 5.60. The van der Waals surface area contributed by atoms with Crippen molar-refractivity contribution >= 4 is 5.69 Å². The summed E-state index contributed by atoms with van der Waals surface area (Å²) in [5, 5.41) is 0. The number of anilines is 1. The molecule has 94 valence electrons. The van der Waals surface area contributed by atoms with E-state index in [4.69, 9.17) is 0 Å². The summed E-state index contributed by atoms with van der Waals surface area (Å²) in [5.74, 6) is 0. The fourth-order valence-electron chi connectivity index (χ4n) is 2.92. The van der Waals surface area contributed by atoms with Gasteiger partial charge in [-0.15, -0.1) is 13.2 Å². The molecule has 3 rings (SSSR count). The number of fused-ring (bicyclic) bond motifs is 1. The van der Waals surface area contributed by atoms with Crippen LogP contribution >= 0.6 is 0 Å². The third-order valence-corrected chi connectivity index (χ3v) is 3.73. The first-order chi connectivity index (χ1) is 9.36. The summed E-state index contributed by atoms with van der Waals surface area (Å²) in [4.78, 5) is 2.37. The molecule has 1 aliphatic rings. The Bertz CT molecular complexity index is 565. The summed E-state index contributed by atoms with van der Waals surface area (Å²) >= 11 is 0. The fraction of sp³-hybridized carbons (Fsp3) is 0.111. The minimum Gasteiger partial charge on any atom is -0.350 e. The zero-order valence-corrected chi connectivity index (χ0v) is 10.9. The molecule has 2 unspecified atom stereocenters. The average molecular weight is 247 g/mol. The standard InChI is InChI=1S/C18H17N/c1-3-17-15-12-8-9-13-16(15)18(4-2)19(17)14-10-6-5-7-11-14/h3-13,17-18H,1-2H2. The number of nitrogens with zero attached hydrogens (tertiary/aromatic N) is 1. The Balaban J connectivity index is 2.15. The molecule has 1 heterocycles. The molecule has 2 atom stereocenters. The van der Waals surface area contributed by atoms with Crippen LogP contribution in [0.1, 0.15) is 23.2 Å². The fourth-order valence-corrected chi connectivity index (χ4v) is 2.92. The number of para-hydroxylation sites is 1. The molecule has 0 aliphatic carbocycles. The molecule has 0 saturated heterocycles. The zero-order valence-electron chi connectivity index (χ0n) is 10.9. The van der Waals surface area contributed by atoms with E-state index in [9.17, 15) is 0 Å². The predicted molar refractivity (Wildman–Crippen MR) is 81.2 cm³/mol. The van der Waals surface area contributed by atoms with Crippen molar-refractivity contribution in [2.24, 2.45) is 0 Å². The highest BCUT2D eigenvalue weighted by atomic mass is 15.2. The Morgan fingerprint density at radius 1 is 0.737 bits per heavy atom. The lowest BCUT2D eigenvalue weighted by Crippen LogP contribution is -2.23. The molecule has 1 heteroatoms. The van der Waals surface area contributed by atoms with Crippen LogP contribution in [-0.2, 0) is 0 Å². The molecule has 0 spiro atoms. The molecule has 0 aromatic heterocycles. The number of rotatable bonds is 3. The van der Waals surface area contributed by atoms with Gasteiger partial charge in [0, 0.05) is 5.69 Å². The van der Waals surface area contributed by atoms with Crippen molar-refractivity contribution in [3.63, 3.8) is 0 Å². The lowest BCUT2D eigenvalue weighted by molar-refractivity contribution is 0.735. The van der Waals surface area contributed by atoms with Crippen LogP contribution in [0.15, 0.2) is 79.9 Å². The van der Waals surface area contributed by atoms with Gasteiger partial charge in [0.1, 0.15) is 0 Å². The van der Waals surface area contributed by atoms with E-state index in [0.717, 1.165) is 0 Å². The van der Waals surface area contributed by atoms with E-state index in [-0.39, 0.29) is 12.1 Å². The van der Waals surface area contributed by atoms with Crippen LogP contribution in [-0.4, -0.2) is 0 Å². The highest BCUT2D eigenvalue weighted by Gasteiger charge is 2.34. The van der Waals surface area contributed by atoms with Crippen molar-refractivity contribution in [3.05, 3.63) is 91.0 Å². The normalized spacial score (nSPS) is 20.9. The van der Waals surface area contributed by atoms with E-state index in [2.05, 4.69) is 66.6 Å². The topological polar surface area (TPSA) is 3.24 Å². The Morgan fingerprint density at radius 3 is 1.68 bits per heavy atom. The third-order valence-electron chi connectivity index (χ3n) is 3.73. The van der Waals surface area contributed by atoms with E-state index in [1.807, 2.05) is 18.2 Å². The maximum atomic E-state index is 4.01. The van der Waals surface area contributed by atoms with Gasteiger partial charge < -0.3 is 4.90 Å². The molecular formula is C18H17N. The monoisotopic (exact) mass is 247 g/mol. The largest absolute Gasteiger partial charge is 0.350 e. The van der Waals surface area contributed by atoms with E-state index < -0.39 is 0 Å². The molecule has 1 nitrogen and oxygen atoms in total. The average Bonchev–Trinajstić information content (AvgIpc) is 2.81. The van der Waals surface area contributed by atoms with Gasteiger partial charge in [0.25, 0.3) is 0 Å². The molecule has 2 aromatic rings. The smallest absolute Gasteiger partial charge is 0.0737 e. The lowest BCUT2D eigenvalue weighted by Gasteiger charge is -2.29. The Labute approximate surface area is 114 Å².